The summed E-state index contributed by atoms with van der Waals surface area (Å²) in [5.41, 5.74) is 5.02. The van der Waals surface area contributed by atoms with Crippen LogP contribution in [0, 0.1) is 6.92 Å². The molecule has 1 amide bonds. The Hall–Kier alpha value is -4.05. The van der Waals surface area contributed by atoms with Gasteiger partial charge < -0.3 is 14.2 Å². The number of benzene rings is 3. The van der Waals surface area contributed by atoms with Gasteiger partial charge in [0.2, 0.25) is 0 Å². The molecule has 3 aromatic rings. The average Bonchev–Trinajstić information content (AvgIpc) is 2.92. The minimum absolute atomic E-state index is 0.0665. The zero-order valence-electron chi connectivity index (χ0n) is 21.5. The van der Waals surface area contributed by atoms with Gasteiger partial charge in [-0.25, -0.2) is 13.8 Å². The first-order valence-corrected chi connectivity index (χ1v) is 13.0. The Labute approximate surface area is 217 Å². The summed E-state index contributed by atoms with van der Waals surface area (Å²) in [4.78, 5) is 13.1. The van der Waals surface area contributed by atoms with Crippen LogP contribution in [0.25, 0.3) is 0 Å². The summed E-state index contributed by atoms with van der Waals surface area (Å²) in [6.45, 7) is 3.27. The topological polar surface area (TPSA) is 107 Å². The van der Waals surface area contributed by atoms with Crippen molar-refractivity contribution in [1.82, 2.24) is 5.43 Å². The first kappa shape index (κ1) is 27.5. The van der Waals surface area contributed by atoms with E-state index in [1.165, 1.54) is 26.4 Å². The second-order valence-electron chi connectivity index (χ2n) is 8.04. The average molecular weight is 526 g/mol. The van der Waals surface area contributed by atoms with Crippen LogP contribution in [0.1, 0.15) is 24.5 Å². The van der Waals surface area contributed by atoms with Crippen LogP contribution in [0.4, 0.5) is 5.69 Å². The molecule has 196 valence electrons. The van der Waals surface area contributed by atoms with E-state index in [0.717, 1.165) is 15.4 Å². The molecule has 0 bridgehead atoms. The number of methoxy groups -OCH3 is 3. The summed E-state index contributed by atoms with van der Waals surface area (Å²) in [7, 11) is 0.502. The van der Waals surface area contributed by atoms with Crippen LogP contribution >= 0.6 is 0 Å². The number of hydrogen-bond donors (Lipinski definition) is 1. The molecular formula is C27H31N3O6S. The highest BCUT2D eigenvalue weighted by Crippen LogP contribution is 2.29. The molecule has 0 aliphatic carbocycles. The van der Waals surface area contributed by atoms with Crippen LogP contribution in [0.15, 0.2) is 76.7 Å². The number of carbonyl (C=O) groups excluding carboxylic acids is 1. The van der Waals surface area contributed by atoms with Crippen molar-refractivity contribution in [3.63, 3.8) is 0 Å². The fourth-order valence-corrected chi connectivity index (χ4v) is 4.99. The normalized spacial score (nSPS) is 11.5. The van der Waals surface area contributed by atoms with Gasteiger partial charge in [-0.2, -0.15) is 5.10 Å². The first-order valence-electron chi connectivity index (χ1n) is 11.5. The summed E-state index contributed by atoms with van der Waals surface area (Å²) in [5, 5.41) is 4.26. The summed E-state index contributed by atoms with van der Waals surface area (Å²) in [5.74, 6) is 0.952. The van der Waals surface area contributed by atoms with Crippen molar-refractivity contribution in [3.8, 4) is 17.2 Å². The van der Waals surface area contributed by atoms with Crippen molar-refractivity contribution in [2.45, 2.75) is 25.2 Å². The van der Waals surface area contributed by atoms with E-state index in [2.05, 4.69) is 10.5 Å². The third-order valence-electron chi connectivity index (χ3n) is 5.60. The molecule has 0 aliphatic rings. The number of nitrogens with zero attached hydrogens (tertiary/aromatic N) is 2. The summed E-state index contributed by atoms with van der Waals surface area (Å²) in [6.07, 6.45) is 0.511. The largest absolute Gasteiger partial charge is 0.497 e. The summed E-state index contributed by atoms with van der Waals surface area (Å²) in [6, 6.07) is 18.3. The van der Waals surface area contributed by atoms with Gasteiger partial charge in [0.15, 0.2) is 11.5 Å². The molecule has 10 heteroatoms. The molecule has 0 aliphatic heterocycles. The van der Waals surface area contributed by atoms with Gasteiger partial charge in [0.1, 0.15) is 12.3 Å². The lowest BCUT2D eigenvalue weighted by Crippen LogP contribution is -2.39. The fourth-order valence-electron chi connectivity index (χ4n) is 3.58. The standard InChI is InChI=1S/C27H31N3O6S/c1-6-24(20-12-15-25(35-4)26(16-20)36-5)28-29-27(31)18-30(21-8-7-9-22(17-21)34-3)37(32,33)23-13-10-19(2)11-14-23/h7-17H,6,18H2,1-5H3,(H,29,31)/b28-24-. The van der Waals surface area contributed by atoms with E-state index in [9.17, 15) is 13.2 Å². The van der Waals surface area contributed by atoms with Crippen molar-refractivity contribution >= 4 is 27.3 Å². The molecule has 0 saturated carbocycles. The number of carbonyl (C=O) groups is 1. The zero-order valence-corrected chi connectivity index (χ0v) is 22.3. The number of nitrogens with one attached hydrogen (secondary N) is 1. The van der Waals surface area contributed by atoms with E-state index in [0.29, 0.717) is 29.4 Å². The highest BCUT2D eigenvalue weighted by Gasteiger charge is 2.27. The van der Waals surface area contributed by atoms with Crippen LogP contribution in [-0.2, 0) is 14.8 Å². The van der Waals surface area contributed by atoms with E-state index < -0.39 is 22.5 Å². The van der Waals surface area contributed by atoms with E-state index >= 15 is 0 Å². The van der Waals surface area contributed by atoms with Crippen LogP contribution < -0.4 is 23.9 Å². The van der Waals surface area contributed by atoms with Gasteiger partial charge >= 0.3 is 0 Å². The van der Waals surface area contributed by atoms with Crippen molar-refractivity contribution in [3.05, 3.63) is 77.9 Å². The smallest absolute Gasteiger partial charge is 0.264 e. The monoisotopic (exact) mass is 525 g/mol. The molecule has 3 rings (SSSR count). The number of ether oxygens (including phenoxy) is 3. The first-order chi connectivity index (χ1) is 17.7. The van der Waals surface area contributed by atoms with Crippen molar-refractivity contribution < 1.29 is 27.4 Å². The SMILES string of the molecule is CC/C(=N/NC(=O)CN(c1cccc(OC)c1)S(=O)(=O)c1ccc(C)cc1)c1ccc(OC)c(OC)c1. The van der Waals surface area contributed by atoms with Gasteiger partial charge in [0, 0.05) is 11.6 Å². The Bertz CT molecular complexity index is 1370. The van der Waals surface area contributed by atoms with Crippen molar-refractivity contribution in [2.24, 2.45) is 5.10 Å². The lowest BCUT2D eigenvalue weighted by atomic mass is 10.1. The number of hydrazone groups is 1. The molecule has 3 aromatic carbocycles. The number of sulfonamides is 1. The van der Waals surface area contributed by atoms with Crippen LogP contribution in [0.3, 0.4) is 0 Å². The Morgan fingerprint density at radius 2 is 1.62 bits per heavy atom. The molecule has 0 spiro atoms. The maximum Gasteiger partial charge on any atom is 0.264 e. The van der Waals surface area contributed by atoms with Gasteiger partial charge in [-0.05, 0) is 55.8 Å². The second-order valence-corrected chi connectivity index (χ2v) is 9.91. The van der Waals surface area contributed by atoms with Gasteiger partial charge in [0.05, 0.1) is 37.6 Å². The van der Waals surface area contributed by atoms with E-state index in [1.807, 2.05) is 13.8 Å². The Morgan fingerprint density at radius 1 is 0.919 bits per heavy atom. The van der Waals surface area contributed by atoms with Crippen LogP contribution in [-0.4, -0.2) is 47.9 Å². The molecular weight excluding hydrogens is 494 g/mol. The molecule has 37 heavy (non-hydrogen) atoms. The third-order valence-corrected chi connectivity index (χ3v) is 7.39. The van der Waals surface area contributed by atoms with Gasteiger partial charge in [-0.1, -0.05) is 30.7 Å². The quantitative estimate of drug-likeness (QED) is 0.298. The summed E-state index contributed by atoms with van der Waals surface area (Å²) < 4.78 is 44.1. The number of hydrogen-bond acceptors (Lipinski definition) is 7. The van der Waals surface area contributed by atoms with E-state index in [-0.39, 0.29) is 10.6 Å². The van der Waals surface area contributed by atoms with Gasteiger partial charge in [-0.3, -0.25) is 9.10 Å². The van der Waals surface area contributed by atoms with Crippen molar-refractivity contribution in [1.29, 1.82) is 0 Å². The number of amides is 1. The maximum absolute atomic E-state index is 13.6. The molecule has 0 fully saturated rings. The second kappa shape index (κ2) is 12.3. The van der Waals surface area contributed by atoms with E-state index in [1.54, 1.807) is 61.7 Å². The third kappa shape index (κ3) is 6.59. The number of rotatable bonds is 11. The molecule has 9 nitrogen and oxygen atoms in total. The zero-order chi connectivity index (χ0) is 27.0. The maximum atomic E-state index is 13.6. The van der Waals surface area contributed by atoms with Crippen molar-refractivity contribution in [2.75, 3.05) is 32.2 Å². The number of aryl methyl sites for hydroxylation is 1. The van der Waals surface area contributed by atoms with Gasteiger partial charge in [-0.15, -0.1) is 0 Å². The Balaban J connectivity index is 1.91. The minimum atomic E-state index is -4.07. The van der Waals surface area contributed by atoms with Gasteiger partial charge in [0.25, 0.3) is 15.9 Å². The van der Waals surface area contributed by atoms with E-state index in [4.69, 9.17) is 14.2 Å². The van der Waals surface area contributed by atoms with Crippen LogP contribution in [0.5, 0.6) is 17.2 Å². The molecule has 0 aromatic heterocycles. The molecule has 0 unspecified atom stereocenters. The highest BCUT2D eigenvalue weighted by molar-refractivity contribution is 7.92. The predicted molar refractivity (Wildman–Crippen MR) is 143 cm³/mol. The predicted octanol–water partition coefficient (Wildman–Crippen LogP) is 4.15. The Morgan fingerprint density at radius 3 is 2.24 bits per heavy atom. The molecule has 0 radical (unpaired) electrons. The minimum Gasteiger partial charge on any atom is -0.497 e. The van der Waals surface area contributed by atoms with Crippen LogP contribution in [0.2, 0.25) is 0 Å². The molecule has 1 N–H and O–H groups in total. The molecule has 0 saturated heterocycles. The number of anilines is 1. The lowest BCUT2D eigenvalue weighted by molar-refractivity contribution is -0.119. The summed E-state index contributed by atoms with van der Waals surface area (Å²) >= 11 is 0. The lowest BCUT2D eigenvalue weighted by Gasteiger charge is -2.24. The fraction of sp³-hybridized carbons (Fsp3) is 0.259. The highest BCUT2D eigenvalue weighted by atomic mass is 32.2. The molecule has 0 atom stereocenters. The molecule has 0 heterocycles. The Kier molecular flexibility index (Phi) is 9.13.